The summed E-state index contributed by atoms with van der Waals surface area (Å²) in [5, 5.41) is 6.77. The van der Waals surface area contributed by atoms with E-state index in [4.69, 9.17) is 17.0 Å². The lowest BCUT2D eigenvalue weighted by atomic mass is 9.97. The van der Waals surface area contributed by atoms with Gasteiger partial charge >= 0.3 is 0 Å². The van der Waals surface area contributed by atoms with Crippen LogP contribution in [-0.4, -0.2) is 25.3 Å². The Morgan fingerprint density at radius 2 is 2.31 bits per heavy atom. The normalized spacial score (nSPS) is 18.2. The Kier molecular flexibility index (Phi) is 3.62. The van der Waals surface area contributed by atoms with Gasteiger partial charge in [0.2, 0.25) is 0 Å². The molecule has 0 saturated carbocycles. The molecule has 0 saturated heterocycles. The fourth-order valence-corrected chi connectivity index (χ4v) is 1.93. The molecule has 0 bridgehead atoms. The Labute approximate surface area is 101 Å². The number of thiocarbonyl (C=S) groups is 1. The molecular formula is C12H16N2OS. The summed E-state index contributed by atoms with van der Waals surface area (Å²) in [5.41, 5.74) is 1.29. The van der Waals surface area contributed by atoms with Crippen molar-refractivity contribution in [1.29, 1.82) is 0 Å². The molecule has 3 nitrogen and oxygen atoms in total. The van der Waals surface area contributed by atoms with Gasteiger partial charge in [-0.2, -0.15) is 0 Å². The first kappa shape index (κ1) is 11.2. The van der Waals surface area contributed by atoms with E-state index >= 15 is 0 Å². The molecule has 1 aromatic rings. The van der Waals surface area contributed by atoms with Crippen LogP contribution < -0.4 is 15.4 Å². The monoisotopic (exact) mass is 236 g/mol. The molecule has 0 aromatic heterocycles. The predicted molar refractivity (Wildman–Crippen MR) is 68.8 cm³/mol. The van der Waals surface area contributed by atoms with Gasteiger partial charge in [0, 0.05) is 19.5 Å². The third-order valence-electron chi connectivity index (χ3n) is 2.73. The maximum absolute atomic E-state index is 5.70. The molecule has 0 spiro atoms. The summed E-state index contributed by atoms with van der Waals surface area (Å²) in [7, 11) is 1.82. The van der Waals surface area contributed by atoms with Crippen LogP contribution in [0.2, 0.25) is 0 Å². The summed E-state index contributed by atoms with van der Waals surface area (Å²) in [5.74, 6) is 1.51. The summed E-state index contributed by atoms with van der Waals surface area (Å²) in [6, 6.07) is 8.21. The van der Waals surface area contributed by atoms with Crippen LogP contribution in [0.15, 0.2) is 24.3 Å². The van der Waals surface area contributed by atoms with Gasteiger partial charge in [0.15, 0.2) is 5.11 Å². The molecule has 0 fully saturated rings. The number of hydrogen-bond acceptors (Lipinski definition) is 2. The minimum absolute atomic E-state index is 0.487. The van der Waals surface area contributed by atoms with Gasteiger partial charge in [-0.1, -0.05) is 18.2 Å². The van der Waals surface area contributed by atoms with E-state index in [-0.39, 0.29) is 0 Å². The lowest BCUT2D eigenvalue weighted by Gasteiger charge is -2.25. The smallest absolute Gasteiger partial charge is 0.166 e. The van der Waals surface area contributed by atoms with Crippen LogP contribution in [-0.2, 0) is 6.42 Å². The van der Waals surface area contributed by atoms with E-state index in [0.29, 0.717) is 11.0 Å². The average Bonchev–Trinajstić information content (AvgIpc) is 2.35. The van der Waals surface area contributed by atoms with Crippen LogP contribution in [0.4, 0.5) is 0 Å². The summed E-state index contributed by atoms with van der Waals surface area (Å²) in [4.78, 5) is 0. The number of benzene rings is 1. The summed E-state index contributed by atoms with van der Waals surface area (Å²) >= 11 is 5.04. The zero-order chi connectivity index (χ0) is 11.4. The largest absolute Gasteiger partial charge is 0.493 e. The third-order valence-corrected chi connectivity index (χ3v) is 3.08. The zero-order valence-electron chi connectivity index (χ0n) is 9.32. The molecule has 1 unspecified atom stereocenters. The molecule has 4 heteroatoms. The van der Waals surface area contributed by atoms with Crippen molar-refractivity contribution in [3.8, 4) is 5.75 Å². The van der Waals surface area contributed by atoms with Crippen LogP contribution in [0.3, 0.4) is 0 Å². The Morgan fingerprint density at radius 1 is 1.50 bits per heavy atom. The molecule has 16 heavy (non-hydrogen) atoms. The van der Waals surface area contributed by atoms with Gasteiger partial charge in [0.25, 0.3) is 0 Å². The highest BCUT2D eigenvalue weighted by Gasteiger charge is 2.19. The molecule has 1 aliphatic rings. The molecular weight excluding hydrogens is 220 g/mol. The van der Waals surface area contributed by atoms with E-state index in [9.17, 15) is 0 Å². The standard InChI is InChI=1S/C12H16N2OS/c1-13-12(16)14-7-9-6-10-4-2-3-5-11(10)15-8-9/h2-5,9H,6-8H2,1H3,(H2,13,14,16). The maximum atomic E-state index is 5.70. The third kappa shape index (κ3) is 2.64. The summed E-state index contributed by atoms with van der Waals surface area (Å²) in [6.07, 6.45) is 1.05. The van der Waals surface area contributed by atoms with Crippen molar-refractivity contribution in [2.45, 2.75) is 6.42 Å². The van der Waals surface area contributed by atoms with Gasteiger partial charge in [0.05, 0.1) is 6.61 Å². The molecule has 1 aliphatic heterocycles. The number of rotatable bonds is 2. The number of hydrogen-bond donors (Lipinski definition) is 2. The fraction of sp³-hybridized carbons (Fsp3) is 0.417. The quantitative estimate of drug-likeness (QED) is 0.759. The Morgan fingerprint density at radius 3 is 3.12 bits per heavy atom. The first-order valence-corrected chi connectivity index (χ1v) is 5.86. The van der Waals surface area contributed by atoms with Crippen LogP contribution in [0.25, 0.3) is 0 Å². The van der Waals surface area contributed by atoms with Crippen molar-refractivity contribution in [3.63, 3.8) is 0 Å². The van der Waals surface area contributed by atoms with Gasteiger partial charge < -0.3 is 15.4 Å². The minimum atomic E-state index is 0.487. The Hall–Kier alpha value is -1.29. The molecule has 0 amide bonds. The van der Waals surface area contributed by atoms with Crippen molar-refractivity contribution in [2.75, 3.05) is 20.2 Å². The number of nitrogens with one attached hydrogen (secondary N) is 2. The van der Waals surface area contributed by atoms with Gasteiger partial charge in [-0.05, 0) is 30.3 Å². The molecule has 0 radical (unpaired) electrons. The van der Waals surface area contributed by atoms with Crippen molar-refractivity contribution in [1.82, 2.24) is 10.6 Å². The van der Waals surface area contributed by atoms with Crippen LogP contribution >= 0.6 is 12.2 Å². The van der Waals surface area contributed by atoms with Gasteiger partial charge in [-0.15, -0.1) is 0 Å². The molecule has 86 valence electrons. The molecule has 2 N–H and O–H groups in total. The zero-order valence-corrected chi connectivity index (χ0v) is 10.1. The number of ether oxygens (including phenoxy) is 1. The van der Waals surface area contributed by atoms with Gasteiger partial charge in [0.1, 0.15) is 5.75 Å². The van der Waals surface area contributed by atoms with E-state index < -0.39 is 0 Å². The van der Waals surface area contributed by atoms with Crippen molar-refractivity contribution >= 4 is 17.3 Å². The molecule has 1 heterocycles. The second-order valence-electron chi connectivity index (χ2n) is 3.95. The molecule has 1 aromatic carbocycles. The van der Waals surface area contributed by atoms with Crippen LogP contribution in [0.5, 0.6) is 5.75 Å². The van der Waals surface area contributed by atoms with E-state index in [0.717, 1.165) is 25.3 Å². The molecule has 1 atom stereocenters. The van der Waals surface area contributed by atoms with Crippen molar-refractivity contribution < 1.29 is 4.74 Å². The van der Waals surface area contributed by atoms with Crippen LogP contribution in [0, 0.1) is 5.92 Å². The van der Waals surface area contributed by atoms with Crippen LogP contribution in [0.1, 0.15) is 5.56 Å². The second kappa shape index (κ2) is 5.16. The highest BCUT2D eigenvalue weighted by molar-refractivity contribution is 7.80. The van der Waals surface area contributed by atoms with Crippen molar-refractivity contribution in [3.05, 3.63) is 29.8 Å². The average molecular weight is 236 g/mol. The van der Waals surface area contributed by atoms with Gasteiger partial charge in [-0.25, -0.2) is 0 Å². The highest BCUT2D eigenvalue weighted by atomic mass is 32.1. The topological polar surface area (TPSA) is 33.3 Å². The number of para-hydroxylation sites is 1. The second-order valence-corrected chi connectivity index (χ2v) is 4.36. The van der Waals surface area contributed by atoms with E-state index in [2.05, 4.69) is 22.8 Å². The first-order chi connectivity index (χ1) is 7.79. The maximum Gasteiger partial charge on any atom is 0.166 e. The SMILES string of the molecule is CNC(=S)NCC1COc2ccccc2C1. The highest BCUT2D eigenvalue weighted by Crippen LogP contribution is 2.26. The van der Waals surface area contributed by atoms with Crippen molar-refractivity contribution in [2.24, 2.45) is 5.92 Å². The van der Waals surface area contributed by atoms with E-state index in [1.54, 1.807) is 0 Å². The van der Waals surface area contributed by atoms with Gasteiger partial charge in [-0.3, -0.25) is 0 Å². The Bertz CT molecular complexity index is 381. The lowest BCUT2D eigenvalue weighted by Crippen LogP contribution is -2.38. The number of fused-ring (bicyclic) bond motifs is 1. The predicted octanol–water partition coefficient (Wildman–Crippen LogP) is 1.33. The Balaban J connectivity index is 1.90. The fourth-order valence-electron chi connectivity index (χ4n) is 1.85. The lowest BCUT2D eigenvalue weighted by molar-refractivity contribution is 0.223. The molecule has 2 rings (SSSR count). The first-order valence-electron chi connectivity index (χ1n) is 5.46. The van der Waals surface area contributed by atoms with E-state index in [1.807, 2.05) is 19.2 Å². The minimum Gasteiger partial charge on any atom is -0.493 e. The summed E-state index contributed by atoms with van der Waals surface area (Å²) < 4.78 is 5.70. The summed E-state index contributed by atoms with van der Waals surface area (Å²) in [6.45, 7) is 1.62. The van der Waals surface area contributed by atoms with E-state index in [1.165, 1.54) is 5.56 Å². The molecule has 0 aliphatic carbocycles.